The fourth-order valence-electron chi connectivity index (χ4n) is 0.880. The molecule has 0 radical (unpaired) electrons. The average molecular weight is 231 g/mol. The van der Waals surface area contributed by atoms with E-state index in [4.69, 9.17) is 10.3 Å². The van der Waals surface area contributed by atoms with Crippen LogP contribution in [0, 0.1) is 5.41 Å². The molecule has 0 aromatic carbocycles. The summed E-state index contributed by atoms with van der Waals surface area (Å²) < 4.78 is 29.6. The Labute approximate surface area is 106 Å². The fraction of sp³-hybridized carbons (Fsp3) is 0.571. The molecule has 7 heteroatoms. The van der Waals surface area contributed by atoms with Crippen molar-refractivity contribution < 1.29 is 17.8 Å². The van der Waals surface area contributed by atoms with Gasteiger partial charge in [0.05, 0.1) is 11.2 Å². The predicted octanol–water partition coefficient (Wildman–Crippen LogP) is -1.05. The van der Waals surface area contributed by atoms with E-state index in [1.54, 1.807) is 0 Å². The average Bonchev–Trinajstić information content (AvgIpc) is 1.99. The summed E-state index contributed by atoms with van der Waals surface area (Å²) in [5.41, 5.74) is 3.96. The van der Waals surface area contributed by atoms with Gasteiger partial charge in [-0.15, -0.1) is 0 Å². The second-order valence-corrected chi connectivity index (χ2v) is 4.51. The van der Waals surface area contributed by atoms with Crippen LogP contribution in [0.5, 0.6) is 0 Å². The second-order valence-electron chi connectivity index (χ2n) is 3.06. The molecule has 3 N–H and O–H groups in total. The monoisotopic (exact) mass is 231 g/mol. The molecule has 1 unspecified atom stereocenters. The molecule has 0 amide bonds. The summed E-state index contributed by atoms with van der Waals surface area (Å²) in [5.74, 6) is -1.17. The Morgan fingerprint density at radius 3 is 2.29 bits per heavy atom. The van der Waals surface area contributed by atoms with Gasteiger partial charge in [0.25, 0.3) is 10.1 Å². The molecule has 0 heterocycles. The Bertz CT molecular complexity index is 314. The molecule has 0 saturated heterocycles. The number of hydrogen-bond donors (Lipinski definition) is 2. The summed E-state index contributed by atoms with van der Waals surface area (Å²) in [6, 6.07) is 0. The summed E-state index contributed by atoms with van der Waals surface area (Å²) in [5, 5.41) is 0. The van der Waals surface area contributed by atoms with Crippen LogP contribution in [-0.2, 0) is 14.9 Å². The summed E-state index contributed by atoms with van der Waals surface area (Å²) in [6.07, 6.45) is 0.998. The number of nitrogens with two attached hydrogens (primary N) is 1. The van der Waals surface area contributed by atoms with Crippen LogP contribution in [0.3, 0.4) is 0 Å². The quantitative estimate of drug-likeness (QED) is 0.357. The molecule has 0 fully saturated rings. The van der Waals surface area contributed by atoms with E-state index in [1.807, 2.05) is 0 Å². The molecule has 5 nitrogen and oxygen atoms in total. The maximum atomic E-state index is 11.2. The van der Waals surface area contributed by atoms with E-state index in [1.165, 1.54) is 6.92 Å². The van der Waals surface area contributed by atoms with Crippen LogP contribution in [0.15, 0.2) is 12.7 Å². The van der Waals surface area contributed by atoms with Gasteiger partial charge in [-0.25, -0.2) is 0 Å². The van der Waals surface area contributed by atoms with Gasteiger partial charge in [0.15, 0.2) is 5.78 Å². The Morgan fingerprint density at radius 2 is 2.07 bits per heavy atom. The minimum absolute atomic E-state index is 0. The van der Waals surface area contributed by atoms with Gasteiger partial charge in [0.1, 0.15) is 0 Å². The molecule has 0 rings (SSSR count). The van der Waals surface area contributed by atoms with Crippen LogP contribution < -0.4 is 5.73 Å². The maximum absolute atomic E-state index is 11.2. The first-order valence-corrected chi connectivity index (χ1v) is 5.18. The fourth-order valence-corrected chi connectivity index (χ4v) is 1.94. The van der Waals surface area contributed by atoms with Gasteiger partial charge in [-0.3, -0.25) is 9.35 Å². The first kappa shape index (κ1) is 16.7. The van der Waals surface area contributed by atoms with Gasteiger partial charge in [-0.2, -0.15) is 8.42 Å². The Hall–Kier alpha value is 0.280. The zero-order valence-electron chi connectivity index (χ0n) is 7.36. The van der Waals surface area contributed by atoms with E-state index in [0.717, 1.165) is 6.08 Å². The zero-order chi connectivity index (χ0) is 10.7. The normalized spacial score (nSPS) is 15.1. The topological polar surface area (TPSA) is 97.5 Å². The van der Waals surface area contributed by atoms with Gasteiger partial charge in [0.2, 0.25) is 0 Å². The summed E-state index contributed by atoms with van der Waals surface area (Å²) in [7, 11) is -4.20. The van der Waals surface area contributed by atoms with Crippen LogP contribution in [0.1, 0.15) is 6.92 Å². The third-order valence-corrected chi connectivity index (χ3v) is 2.73. The molecule has 78 valence electrons. The summed E-state index contributed by atoms with van der Waals surface area (Å²) in [6.45, 7) is 4.43. The van der Waals surface area contributed by atoms with Gasteiger partial charge in [0, 0.05) is 6.54 Å². The van der Waals surface area contributed by atoms with Crippen LogP contribution >= 0.6 is 0 Å². The first-order chi connectivity index (χ1) is 5.75. The molecule has 14 heavy (non-hydrogen) atoms. The molecule has 0 aliphatic carbocycles. The van der Waals surface area contributed by atoms with Crippen LogP contribution in [0.4, 0.5) is 0 Å². The summed E-state index contributed by atoms with van der Waals surface area (Å²) in [4.78, 5) is 11.2. The third kappa shape index (κ3) is 5.23. The van der Waals surface area contributed by atoms with Crippen molar-refractivity contribution >= 4 is 45.5 Å². The number of rotatable bonds is 5. The van der Waals surface area contributed by atoms with Crippen molar-refractivity contribution in [3.63, 3.8) is 0 Å². The molecular weight excluding hydrogens is 217 g/mol. The van der Waals surface area contributed by atoms with E-state index < -0.39 is 27.1 Å². The molecule has 0 bridgehead atoms. The van der Waals surface area contributed by atoms with Crippen LogP contribution in [0.25, 0.3) is 0 Å². The van der Waals surface area contributed by atoms with Gasteiger partial charge >= 0.3 is 29.6 Å². The van der Waals surface area contributed by atoms with Gasteiger partial charge in [-0.1, -0.05) is 6.58 Å². The molecule has 0 aromatic heterocycles. The number of carbonyl (C=O) groups excluding carboxylic acids is 1. The van der Waals surface area contributed by atoms with Crippen molar-refractivity contribution in [2.24, 2.45) is 11.1 Å². The van der Waals surface area contributed by atoms with Crippen LogP contribution in [-0.4, -0.2) is 60.6 Å². The molecule has 0 aliphatic heterocycles. The Balaban J connectivity index is 0. The van der Waals surface area contributed by atoms with E-state index in [0.29, 0.717) is 0 Å². The van der Waals surface area contributed by atoms with Crippen LogP contribution in [0.2, 0.25) is 0 Å². The second kappa shape index (κ2) is 5.99. The third-order valence-electron chi connectivity index (χ3n) is 1.73. The molecule has 0 spiro atoms. The number of hydrogen-bond acceptors (Lipinski definition) is 4. The SMILES string of the molecule is C=CC(=O)C(C)(CN)CS(=O)(=O)O.[NaH]. The van der Waals surface area contributed by atoms with Crippen molar-refractivity contribution in [3.8, 4) is 0 Å². The molecule has 0 aliphatic rings. The summed E-state index contributed by atoms with van der Waals surface area (Å²) >= 11 is 0. The standard InChI is InChI=1S/C7H13NO4S.Na.H/c1-3-6(9)7(2,4-8)5-13(10,11)12;;/h3H,1,4-5,8H2,2H3,(H,10,11,12);;. The van der Waals surface area contributed by atoms with Crippen molar-refractivity contribution in [3.05, 3.63) is 12.7 Å². The zero-order valence-corrected chi connectivity index (χ0v) is 8.17. The van der Waals surface area contributed by atoms with Crippen molar-refractivity contribution in [1.82, 2.24) is 0 Å². The van der Waals surface area contributed by atoms with Gasteiger partial charge in [-0.05, 0) is 13.0 Å². The number of allylic oxidation sites excluding steroid dienone is 1. The number of ketones is 1. The van der Waals surface area contributed by atoms with E-state index >= 15 is 0 Å². The first-order valence-electron chi connectivity index (χ1n) is 3.57. The van der Waals surface area contributed by atoms with Crippen molar-refractivity contribution in [1.29, 1.82) is 0 Å². The van der Waals surface area contributed by atoms with Crippen molar-refractivity contribution in [2.45, 2.75) is 6.92 Å². The minimum atomic E-state index is -4.20. The van der Waals surface area contributed by atoms with E-state index in [-0.39, 0.29) is 36.1 Å². The predicted molar refractivity (Wildman–Crippen MR) is 55.9 cm³/mol. The number of carbonyl (C=O) groups is 1. The molecule has 0 aromatic rings. The Kier molecular flexibility index (Phi) is 7.15. The van der Waals surface area contributed by atoms with E-state index in [2.05, 4.69) is 6.58 Å². The molecular formula is C7H14NNaO4S. The van der Waals surface area contributed by atoms with E-state index in [9.17, 15) is 13.2 Å². The Morgan fingerprint density at radius 1 is 1.64 bits per heavy atom. The molecule has 0 saturated carbocycles. The van der Waals surface area contributed by atoms with Crippen molar-refractivity contribution in [2.75, 3.05) is 12.3 Å². The molecule has 1 atom stereocenters. The van der Waals surface area contributed by atoms with Gasteiger partial charge < -0.3 is 5.73 Å².